The fourth-order valence-corrected chi connectivity index (χ4v) is 7.14. The van der Waals surface area contributed by atoms with Gasteiger partial charge in [0.2, 0.25) is 0 Å². The van der Waals surface area contributed by atoms with Crippen molar-refractivity contribution in [2.45, 2.75) is 90.3 Å². The van der Waals surface area contributed by atoms with Gasteiger partial charge in [0, 0.05) is 41.4 Å². The van der Waals surface area contributed by atoms with E-state index in [1.807, 2.05) is 33.8 Å². The summed E-state index contributed by atoms with van der Waals surface area (Å²) in [4.78, 5) is 1.67. The van der Waals surface area contributed by atoms with Crippen molar-refractivity contribution in [3.05, 3.63) is 71.0 Å². The van der Waals surface area contributed by atoms with Gasteiger partial charge < -0.3 is 19.7 Å². The predicted octanol–water partition coefficient (Wildman–Crippen LogP) is 7.69. The summed E-state index contributed by atoms with van der Waals surface area (Å²) in [6.45, 7) is 8.33. The third kappa shape index (κ3) is 7.74. The minimum atomic E-state index is -0.879. The predicted molar refractivity (Wildman–Crippen MR) is 174 cm³/mol. The van der Waals surface area contributed by atoms with Crippen LogP contribution in [0.15, 0.2) is 42.5 Å². The molecule has 2 fully saturated rings. The molecule has 4 rings (SSSR count). The van der Waals surface area contributed by atoms with E-state index in [0.717, 1.165) is 22.2 Å². The third-order valence-corrected chi connectivity index (χ3v) is 9.97. The van der Waals surface area contributed by atoms with Gasteiger partial charge in [0.05, 0.1) is 25.4 Å². The van der Waals surface area contributed by atoms with E-state index in [1.165, 1.54) is 12.1 Å². The third-order valence-electron chi connectivity index (χ3n) is 9.10. The Hall–Kier alpha value is -1.75. The molecule has 0 unspecified atom stereocenters. The van der Waals surface area contributed by atoms with Crippen LogP contribution in [0.25, 0.3) is 0 Å². The summed E-state index contributed by atoms with van der Waals surface area (Å²) in [6, 6.07) is 10.9. The number of halogens is 3. The summed E-state index contributed by atoms with van der Waals surface area (Å²) < 4.78 is 54.0. The minimum absolute atomic E-state index is 0. The van der Waals surface area contributed by atoms with E-state index in [2.05, 4.69) is 0 Å². The Bertz CT molecular complexity index is 1230. The molecule has 2 aromatic rings. The molecule has 0 bridgehead atoms. The lowest BCUT2D eigenvalue weighted by Gasteiger charge is -2.35. The highest BCUT2D eigenvalue weighted by Gasteiger charge is 2.52. The van der Waals surface area contributed by atoms with Gasteiger partial charge in [-0.25, -0.2) is 13.2 Å². The highest BCUT2D eigenvalue weighted by molar-refractivity contribution is 7.80. The topological polar surface area (TPSA) is 58.9 Å². The van der Waals surface area contributed by atoms with Gasteiger partial charge in [-0.05, 0) is 66.5 Å². The summed E-state index contributed by atoms with van der Waals surface area (Å²) in [6.07, 6.45) is 2.90. The Kier molecular flexibility index (Phi) is 14.4. The molecule has 0 spiro atoms. The zero-order valence-corrected chi connectivity index (χ0v) is 26.5. The average molecular weight is 641 g/mol. The Morgan fingerprint density at radius 1 is 0.791 bits per heavy atom. The van der Waals surface area contributed by atoms with E-state index in [9.17, 15) is 23.4 Å². The Morgan fingerprint density at radius 3 is 1.84 bits per heavy atom. The van der Waals surface area contributed by atoms with Gasteiger partial charge in [0.15, 0.2) is 11.6 Å². The van der Waals surface area contributed by atoms with Crippen LogP contribution in [0.1, 0.15) is 78.4 Å². The van der Waals surface area contributed by atoms with E-state index < -0.39 is 22.5 Å². The maximum atomic E-state index is 14.4. The van der Waals surface area contributed by atoms with Crippen molar-refractivity contribution < 1.29 is 32.9 Å². The van der Waals surface area contributed by atoms with Gasteiger partial charge in [0.25, 0.3) is 0 Å². The Balaban J connectivity index is 0.000000295. The molecule has 0 radical (unpaired) electrons. The molecule has 2 saturated heterocycles. The van der Waals surface area contributed by atoms with Crippen LogP contribution in [0.5, 0.6) is 0 Å². The molecule has 2 aliphatic heterocycles. The Morgan fingerprint density at radius 2 is 1.30 bits per heavy atom. The second-order valence-corrected chi connectivity index (χ2v) is 12.5. The smallest absolute Gasteiger partial charge is 0.162 e. The lowest BCUT2D eigenvalue weighted by atomic mass is 9.67. The number of aliphatic hydroxyl groups is 2. The number of rotatable bonds is 11. The Labute approximate surface area is 266 Å². The van der Waals surface area contributed by atoms with Gasteiger partial charge in [-0.1, -0.05) is 83.0 Å². The van der Waals surface area contributed by atoms with Crippen LogP contribution in [0, 0.1) is 29.3 Å². The number of aliphatic hydroxyl groups excluding tert-OH is 2. The maximum absolute atomic E-state index is 14.4. The first kappa shape index (κ1) is 37.4. The second kappa shape index (κ2) is 16.5. The fraction of sp³-hybridized carbons (Fsp3) is 0.588. The largest absolute Gasteiger partial charge is 0.396 e. The number of benzene rings is 2. The molecule has 4 nitrogen and oxygen atoms in total. The standard InChI is InChI=1S/C17H22F2O2S.C16H21FO2S.CH4/c1-3-11(22)8-17(10-21-15(4-2)13(17)9-20)12-6-5-7-14(18)16(12)19;1-3-12(20)8-16(10-19-11(2)14(16)9-18)13-6-4-5-7-15(13)17;/h5-7,13,15,20H,3-4,8-10H2,1-2H3;4-7,11,14,18H,3,8-10H2,1-2H3;1H4/t13-,15-,17+;11-,14-,16+;/m11./s1. The van der Waals surface area contributed by atoms with Crippen molar-refractivity contribution >= 4 is 34.2 Å². The summed E-state index contributed by atoms with van der Waals surface area (Å²) in [5.41, 5.74) is -0.473. The zero-order valence-electron chi connectivity index (χ0n) is 24.9. The van der Waals surface area contributed by atoms with Gasteiger partial charge in [-0.3, -0.25) is 0 Å². The molecule has 0 saturated carbocycles. The first-order valence-corrected chi connectivity index (χ1v) is 15.5. The summed E-state index contributed by atoms with van der Waals surface area (Å²) in [7, 11) is 0. The van der Waals surface area contributed by atoms with Crippen molar-refractivity contribution in [1.82, 2.24) is 0 Å². The molecule has 240 valence electrons. The van der Waals surface area contributed by atoms with Crippen LogP contribution in [0.3, 0.4) is 0 Å². The van der Waals surface area contributed by atoms with Crippen LogP contribution in [-0.2, 0) is 20.3 Å². The lowest BCUT2D eigenvalue weighted by Crippen LogP contribution is -2.41. The second-order valence-electron chi connectivity index (χ2n) is 11.4. The molecule has 2 heterocycles. The van der Waals surface area contributed by atoms with Crippen molar-refractivity contribution in [2.75, 3.05) is 26.4 Å². The monoisotopic (exact) mass is 640 g/mol. The highest BCUT2D eigenvalue weighted by Crippen LogP contribution is 2.47. The minimum Gasteiger partial charge on any atom is -0.396 e. The van der Waals surface area contributed by atoms with Crippen molar-refractivity contribution in [1.29, 1.82) is 0 Å². The molecular weight excluding hydrogens is 593 g/mol. The molecular formula is C34H47F3O4S2. The highest BCUT2D eigenvalue weighted by atomic mass is 32.1. The first-order valence-electron chi connectivity index (χ1n) is 14.7. The zero-order chi connectivity index (χ0) is 31.1. The number of hydrogen-bond acceptors (Lipinski definition) is 6. The van der Waals surface area contributed by atoms with Crippen molar-refractivity contribution in [2.24, 2.45) is 11.8 Å². The summed E-state index contributed by atoms with van der Waals surface area (Å²) >= 11 is 10.7. The molecule has 0 aromatic heterocycles. The lowest BCUT2D eigenvalue weighted by molar-refractivity contribution is 0.0693. The van der Waals surface area contributed by atoms with Gasteiger partial charge >= 0.3 is 0 Å². The fourth-order valence-electron chi connectivity index (χ4n) is 6.62. The molecule has 0 aliphatic carbocycles. The molecule has 2 aromatic carbocycles. The normalized spacial score (nSPS) is 28.1. The van der Waals surface area contributed by atoms with Crippen LogP contribution < -0.4 is 0 Å². The molecule has 9 heteroatoms. The number of ether oxygens (including phenoxy) is 2. The van der Waals surface area contributed by atoms with Crippen LogP contribution in [-0.4, -0.2) is 58.6 Å². The quantitative estimate of drug-likeness (QED) is 0.246. The number of thiocarbonyl (C=S) groups is 2. The maximum Gasteiger partial charge on any atom is 0.162 e. The van der Waals surface area contributed by atoms with Gasteiger partial charge in [0.1, 0.15) is 5.82 Å². The summed E-state index contributed by atoms with van der Waals surface area (Å²) in [5.74, 6) is -2.42. The van der Waals surface area contributed by atoms with E-state index in [1.54, 1.807) is 18.2 Å². The summed E-state index contributed by atoms with van der Waals surface area (Å²) in [5, 5.41) is 19.6. The average Bonchev–Trinajstić information content (AvgIpc) is 3.51. The van der Waals surface area contributed by atoms with Crippen LogP contribution in [0.2, 0.25) is 0 Å². The van der Waals surface area contributed by atoms with Crippen LogP contribution >= 0.6 is 24.4 Å². The van der Waals surface area contributed by atoms with Gasteiger partial charge in [-0.2, -0.15) is 0 Å². The SMILES string of the molecule is C.CCC(=S)C[C@@]1(c2cccc(F)c2F)CO[C@H](CC)[C@H]1CO.CCC(=S)C[C@@]1(c2ccccc2F)CO[C@H](C)[C@H]1CO. The van der Waals surface area contributed by atoms with Gasteiger partial charge in [-0.15, -0.1) is 0 Å². The molecule has 2 N–H and O–H groups in total. The van der Waals surface area contributed by atoms with Crippen molar-refractivity contribution in [3.63, 3.8) is 0 Å². The first-order chi connectivity index (χ1) is 20.0. The molecule has 43 heavy (non-hydrogen) atoms. The molecule has 2 aliphatic rings. The molecule has 6 atom stereocenters. The van der Waals surface area contributed by atoms with E-state index in [0.29, 0.717) is 37.9 Å². The van der Waals surface area contributed by atoms with E-state index >= 15 is 0 Å². The number of hydrogen-bond donors (Lipinski definition) is 2. The van der Waals surface area contributed by atoms with Crippen LogP contribution in [0.4, 0.5) is 13.2 Å². The van der Waals surface area contributed by atoms with E-state index in [-0.39, 0.29) is 62.7 Å². The van der Waals surface area contributed by atoms with E-state index in [4.69, 9.17) is 33.9 Å². The molecule has 0 amide bonds. The van der Waals surface area contributed by atoms with Crippen molar-refractivity contribution in [3.8, 4) is 0 Å².